The van der Waals surface area contributed by atoms with Gasteiger partial charge in [-0.1, -0.05) is 38.1 Å². The molecule has 1 aliphatic carbocycles. The number of nitrogens with zero attached hydrogens (tertiary/aromatic N) is 3. The number of likely N-dealkylation sites (N-methyl/N-ethyl adjacent to an activating group) is 1. The summed E-state index contributed by atoms with van der Waals surface area (Å²) in [5, 5.41) is 3.64. The summed E-state index contributed by atoms with van der Waals surface area (Å²) in [5.74, 6) is 1.13. The van der Waals surface area contributed by atoms with Gasteiger partial charge in [-0.25, -0.2) is 4.99 Å². The van der Waals surface area contributed by atoms with Crippen LogP contribution in [-0.4, -0.2) is 48.9 Å². The zero-order valence-corrected chi connectivity index (χ0v) is 14.8. The molecule has 0 saturated carbocycles. The van der Waals surface area contributed by atoms with Crippen LogP contribution in [0, 0.1) is 5.41 Å². The molecule has 0 unspecified atom stereocenters. The Kier molecular flexibility index (Phi) is 3.72. The highest BCUT2D eigenvalue weighted by atomic mass is 15.3. The van der Waals surface area contributed by atoms with Crippen molar-refractivity contribution in [3.8, 4) is 0 Å². The highest BCUT2D eigenvalue weighted by molar-refractivity contribution is 6.06. The van der Waals surface area contributed by atoms with E-state index in [1.165, 1.54) is 11.3 Å². The smallest absolute Gasteiger partial charge is 0.138 e. The van der Waals surface area contributed by atoms with Crippen molar-refractivity contribution < 1.29 is 0 Å². The number of nitrogens with one attached hydrogen (secondary N) is 1. The lowest BCUT2D eigenvalue weighted by Crippen LogP contribution is -2.48. The van der Waals surface area contributed by atoms with Gasteiger partial charge in [0.15, 0.2) is 0 Å². The van der Waals surface area contributed by atoms with Gasteiger partial charge in [-0.3, -0.25) is 0 Å². The van der Waals surface area contributed by atoms with E-state index in [0.717, 1.165) is 49.8 Å². The lowest BCUT2D eigenvalue weighted by molar-refractivity contribution is 0.215. The number of piperazine rings is 1. The maximum Gasteiger partial charge on any atom is 0.138 e. The molecule has 1 aromatic rings. The summed E-state index contributed by atoms with van der Waals surface area (Å²) in [5.41, 5.74) is 4.76. The number of benzene rings is 1. The van der Waals surface area contributed by atoms with E-state index in [9.17, 15) is 0 Å². The number of amidine groups is 1. The molecule has 0 spiro atoms. The van der Waals surface area contributed by atoms with Gasteiger partial charge in [-0.2, -0.15) is 0 Å². The molecule has 0 bridgehead atoms. The molecule has 0 amide bonds. The molecule has 1 aromatic carbocycles. The molecule has 1 N–H and O–H groups in total. The number of hydrogen-bond donors (Lipinski definition) is 1. The van der Waals surface area contributed by atoms with Crippen molar-refractivity contribution >= 4 is 17.2 Å². The van der Waals surface area contributed by atoms with E-state index in [4.69, 9.17) is 4.99 Å². The molecule has 24 heavy (non-hydrogen) atoms. The third kappa shape index (κ3) is 2.86. The van der Waals surface area contributed by atoms with Crippen LogP contribution < -0.4 is 5.32 Å². The third-order valence-electron chi connectivity index (χ3n) is 5.10. The average molecular weight is 322 g/mol. The lowest BCUT2D eigenvalue weighted by Gasteiger charge is -2.36. The summed E-state index contributed by atoms with van der Waals surface area (Å²) >= 11 is 0. The van der Waals surface area contributed by atoms with E-state index in [2.05, 4.69) is 72.4 Å². The molecule has 4 nitrogen and oxygen atoms in total. The number of fused-ring (bicyclic) bond motifs is 2. The van der Waals surface area contributed by atoms with Gasteiger partial charge in [-0.05, 0) is 31.0 Å². The first kappa shape index (κ1) is 15.5. The van der Waals surface area contributed by atoms with Gasteiger partial charge in [0.1, 0.15) is 5.84 Å². The summed E-state index contributed by atoms with van der Waals surface area (Å²) in [6.45, 7) is 8.83. The average Bonchev–Trinajstić information content (AvgIpc) is 2.70. The van der Waals surface area contributed by atoms with Crippen molar-refractivity contribution in [3.63, 3.8) is 0 Å². The van der Waals surface area contributed by atoms with Crippen molar-refractivity contribution in [2.45, 2.75) is 20.3 Å². The van der Waals surface area contributed by atoms with Gasteiger partial charge in [0, 0.05) is 37.4 Å². The third-order valence-corrected chi connectivity index (χ3v) is 5.10. The Morgan fingerprint density at radius 3 is 2.62 bits per heavy atom. The van der Waals surface area contributed by atoms with Crippen LogP contribution in [0.15, 0.2) is 52.7 Å². The van der Waals surface area contributed by atoms with Crippen molar-refractivity contribution in [2.75, 3.05) is 38.5 Å². The van der Waals surface area contributed by atoms with Crippen LogP contribution in [0.3, 0.4) is 0 Å². The topological polar surface area (TPSA) is 30.9 Å². The second-order valence-electron chi connectivity index (χ2n) is 7.74. The predicted molar refractivity (Wildman–Crippen MR) is 101 cm³/mol. The van der Waals surface area contributed by atoms with Gasteiger partial charge in [0.25, 0.3) is 0 Å². The van der Waals surface area contributed by atoms with Crippen LogP contribution in [0.5, 0.6) is 0 Å². The number of aliphatic imine (C=N–C) groups is 1. The van der Waals surface area contributed by atoms with Gasteiger partial charge in [0.05, 0.1) is 11.4 Å². The van der Waals surface area contributed by atoms with Crippen molar-refractivity contribution in [2.24, 2.45) is 10.4 Å². The number of para-hydroxylation sites is 2. The van der Waals surface area contributed by atoms with Gasteiger partial charge >= 0.3 is 0 Å². The number of rotatable bonds is 0. The number of anilines is 1. The standard InChI is InChI=1S/C20H26N4/c1-20(2)9-8-15-18(14-20)21-16-6-4-5-7-17(16)22-19(15)24-12-10-23(3)11-13-24/h4-8,14,21H,9-13H2,1-3H3. The molecule has 1 fully saturated rings. The van der Waals surface area contributed by atoms with Gasteiger partial charge in [-0.15, -0.1) is 0 Å². The fourth-order valence-corrected chi connectivity index (χ4v) is 3.57. The largest absolute Gasteiger partial charge is 0.353 e. The number of allylic oxidation sites excluding steroid dienone is 2. The monoisotopic (exact) mass is 322 g/mol. The molecule has 2 aliphatic heterocycles. The van der Waals surface area contributed by atoms with Gasteiger partial charge in [0.2, 0.25) is 0 Å². The summed E-state index contributed by atoms with van der Waals surface area (Å²) in [4.78, 5) is 9.90. The maximum atomic E-state index is 5.07. The first-order valence-electron chi connectivity index (χ1n) is 8.84. The molecular formula is C20H26N4. The molecule has 0 aromatic heterocycles. The quantitative estimate of drug-likeness (QED) is 0.791. The molecule has 4 heteroatoms. The Morgan fingerprint density at radius 2 is 1.83 bits per heavy atom. The number of hydrogen-bond acceptors (Lipinski definition) is 4. The first-order chi connectivity index (χ1) is 11.5. The molecule has 0 radical (unpaired) electrons. The van der Waals surface area contributed by atoms with Gasteiger partial charge < -0.3 is 15.1 Å². The van der Waals surface area contributed by atoms with Crippen molar-refractivity contribution in [3.05, 3.63) is 47.7 Å². The Balaban J connectivity index is 1.79. The van der Waals surface area contributed by atoms with Crippen molar-refractivity contribution in [1.29, 1.82) is 0 Å². The Morgan fingerprint density at radius 1 is 1.08 bits per heavy atom. The molecular weight excluding hydrogens is 296 g/mol. The molecule has 3 aliphatic rings. The highest BCUT2D eigenvalue weighted by Crippen LogP contribution is 2.39. The predicted octanol–water partition coefficient (Wildman–Crippen LogP) is 3.63. The summed E-state index contributed by atoms with van der Waals surface area (Å²) in [7, 11) is 2.19. The fraction of sp³-hybridized carbons (Fsp3) is 0.450. The zero-order valence-electron chi connectivity index (χ0n) is 14.8. The molecule has 1 saturated heterocycles. The Labute approximate surface area is 144 Å². The van der Waals surface area contributed by atoms with Crippen LogP contribution >= 0.6 is 0 Å². The van der Waals surface area contributed by atoms with Crippen LogP contribution in [0.2, 0.25) is 0 Å². The summed E-state index contributed by atoms with van der Waals surface area (Å²) < 4.78 is 0. The van der Waals surface area contributed by atoms with Crippen LogP contribution in [0.1, 0.15) is 20.3 Å². The van der Waals surface area contributed by atoms with E-state index in [0.29, 0.717) is 0 Å². The summed E-state index contributed by atoms with van der Waals surface area (Å²) in [6.07, 6.45) is 5.79. The van der Waals surface area contributed by atoms with Crippen LogP contribution in [-0.2, 0) is 0 Å². The minimum atomic E-state index is 0.179. The Bertz CT molecular complexity index is 734. The maximum absolute atomic E-state index is 5.07. The van der Waals surface area contributed by atoms with E-state index in [1.807, 2.05) is 0 Å². The van der Waals surface area contributed by atoms with E-state index in [-0.39, 0.29) is 5.41 Å². The minimum Gasteiger partial charge on any atom is -0.353 e. The SMILES string of the molecule is CN1CCN(C2=Nc3ccccc3NC3=CC(C)(C)CC=C32)CC1. The van der Waals surface area contributed by atoms with E-state index < -0.39 is 0 Å². The molecule has 126 valence electrons. The van der Waals surface area contributed by atoms with Crippen molar-refractivity contribution in [1.82, 2.24) is 9.80 Å². The molecule has 0 atom stereocenters. The second kappa shape index (κ2) is 5.78. The highest BCUT2D eigenvalue weighted by Gasteiger charge is 2.30. The minimum absolute atomic E-state index is 0.179. The lowest BCUT2D eigenvalue weighted by atomic mass is 9.82. The van der Waals surface area contributed by atoms with Crippen LogP contribution in [0.4, 0.5) is 11.4 Å². The normalized spacial score (nSPS) is 23.1. The fourth-order valence-electron chi connectivity index (χ4n) is 3.57. The van der Waals surface area contributed by atoms with E-state index in [1.54, 1.807) is 0 Å². The molecule has 4 rings (SSSR count). The van der Waals surface area contributed by atoms with E-state index >= 15 is 0 Å². The summed E-state index contributed by atoms with van der Waals surface area (Å²) in [6, 6.07) is 8.35. The second-order valence-corrected chi connectivity index (χ2v) is 7.74. The molecule has 2 heterocycles. The van der Waals surface area contributed by atoms with Crippen LogP contribution in [0.25, 0.3) is 0 Å². The first-order valence-corrected chi connectivity index (χ1v) is 8.84. The zero-order chi connectivity index (χ0) is 16.7. The Hall–Kier alpha value is -2.07.